The van der Waals surface area contributed by atoms with Crippen LogP contribution in [0.4, 0.5) is 0 Å². The van der Waals surface area contributed by atoms with Crippen LogP contribution in [0.25, 0.3) is 11.0 Å². The first-order chi connectivity index (χ1) is 9.81. The predicted octanol–water partition coefficient (Wildman–Crippen LogP) is 2.11. The summed E-state index contributed by atoms with van der Waals surface area (Å²) in [6.45, 7) is 1.27. The fourth-order valence-electron chi connectivity index (χ4n) is 2.65. The SMILES string of the molecule is O=C1c2ccccc2CN1Cc1ccc2n[nH]nc2c1. The number of fused-ring (bicyclic) bond motifs is 2. The van der Waals surface area contributed by atoms with E-state index in [9.17, 15) is 4.79 Å². The number of H-pyrrole nitrogens is 1. The van der Waals surface area contributed by atoms with E-state index < -0.39 is 0 Å². The first-order valence-electron chi connectivity index (χ1n) is 6.48. The summed E-state index contributed by atoms with van der Waals surface area (Å²) in [6, 6.07) is 13.6. The maximum Gasteiger partial charge on any atom is 0.254 e. The number of carbonyl (C=O) groups is 1. The molecular weight excluding hydrogens is 252 g/mol. The van der Waals surface area contributed by atoms with Crippen molar-refractivity contribution in [2.75, 3.05) is 0 Å². The van der Waals surface area contributed by atoms with Crippen molar-refractivity contribution in [1.82, 2.24) is 20.3 Å². The van der Waals surface area contributed by atoms with Crippen LogP contribution in [0.2, 0.25) is 0 Å². The number of aromatic nitrogens is 3. The van der Waals surface area contributed by atoms with Crippen LogP contribution < -0.4 is 0 Å². The Bertz CT molecular complexity index is 808. The van der Waals surface area contributed by atoms with Crippen molar-refractivity contribution in [2.45, 2.75) is 13.1 Å². The first-order valence-corrected chi connectivity index (χ1v) is 6.48. The van der Waals surface area contributed by atoms with Gasteiger partial charge < -0.3 is 4.90 Å². The fraction of sp³-hybridized carbons (Fsp3) is 0.133. The lowest BCUT2D eigenvalue weighted by Gasteiger charge is -2.15. The van der Waals surface area contributed by atoms with E-state index in [1.807, 2.05) is 47.4 Å². The van der Waals surface area contributed by atoms with Crippen molar-refractivity contribution in [3.05, 3.63) is 59.2 Å². The van der Waals surface area contributed by atoms with Gasteiger partial charge in [0.2, 0.25) is 0 Å². The molecule has 1 aromatic heterocycles. The van der Waals surface area contributed by atoms with Crippen LogP contribution in [0.1, 0.15) is 21.5 Å². The van der Waals surface area contributed by atoms with Gasteiger partial charge in [-0.2, -0.15) is 15.4 Å². The molecule has 0 fully saturated rings. The molecule has 0 atom stereocenters. The minimum absolute atomic E-state index is 0.0980. The lowest BCUT2D eigenvalue weighted by Crippen LogP contribution is -2.23. The fourth-order valence-corrected chi connectivity index (χ4v) is 2.65. The highest BCUT2D eigenvalue weighted by atomic mass is 16.2. The smallest absolute Gasteiger partial charge is 0.254 e. The van der Waals surface area contributed by atoms with Gasteiger partial charge in [0, 0.05) is 18.7 Å². The highest BCUT2D eigenvalue weighted by Gasteiger charge is 2.26. The van der Waals surface area contributed by atoms with Crippen LogP contribution in [0, 0.1) is 0 Å². The van der Waals surface area contributed by atoms with E-state index in [2.05, 4.69) is 15.4 Å². The molecule has 1 N–H and O–H groups in total. The zero-order chi connectivity index (χ0) is 13.5. The number of hydrogen-bond acceptors (Lipinski definition) is 3. The average molecular weight is 264 g/mol. The van der Waals surface area contributed by atoms with Crippen molar-refractivity contribution < 1.29 is 4.79 Å². The summed E-state index contributed by atoms with van der Waals surface area (Å²) in [5, 5.41) is 10.7. The molecule has 0 unspecified atom stereocenters. The molecule has 1 amide bonds. The Balaban J connectivity index is 1.62. The van der Waals surface area contributed by atoms with Gasteiger partial charge in [-0.3, -0.25) is 4.79 Å². The molecule has 2 aromatic carbocycles. The number of nitrogens with zero attached hydrogens (tertiary/aromatic N) is 3. The second-order valence-electron chi connectivity index (χ2n) is 4.97. The van der Waals surface area contributed by atoms with Crippen molar-refractivity contribution >= 4 is 16.9 Å². The number of amides is 1. The lowest BCUT2D eigenvalue weighted by atomic mass is 10.1. The largest absolute Gasteiger partial charge is 0.330 e. The maximum absolute atomic E-state index is 12.3. The Morgan fingerprint density at radius 3 is 2.85 bits per heavy atom. The quantitative estimate of drug-likeness (QED) is 0.771. The Morgan fingerprint density at radius 2 is 1.95 bits per heavy atom. The highest BCUT2D eigenvalue weighted by molar-refractivity contribution is 5.98. The van der Waals surface area contributed by atoms with Gasteiger partial charge in [-0.15, -0.1) is 0 Å². The van der Waals surface area contributed by atoms with Crippen molar-refractivity contribution in [3.8, 4) is 0 Å². The van der Waals surface area contributed by atoms with E-state index in [1.54, 1.807) is 0 Å². The van der Waals surface area contributed by atoms with Gasteiger partial charge >= 0.3 is 0 Å². The molecule has 0 aliphatic carbocycles. The maximum atomic E-state index is 12.3. The van der Waals surface area contributed by atoms with Crippen LogP contribution in [0.5, 0.6) is 0 Å². The monoisotopic (exact) mass is 264 g/mol. The minimum atomic E-state index is 0.0980. The van der Waals surface area contributed by atoms with Crippen LogP contribution in [0.3, 0.4) is 0 Å². The summed E-state index contributed by atoms with van der Waals surface area (Å²) < 4.78 is 0. The van der Waals surface area contributed by atoms with E-state index >= 15 is 0 Å². The molecule has 0 radical (unpaired) electrons. The second kappa shape index (κ2) is 4.16. The molecule has 98 valence electrons. The van der Waals surface area contributed by atoms with E-state index in [0.717, 1.165) is 27.7 Å². The van der Waals surface area contributed by atoms with Crippen molar-refractivity contribution in [1.29, 1.82) is 0 Å². The van der Waals surface area contributed by atoms with Crippen LogP contribution in [-0.4, -0.2) is 26.2 Å². The number of carbonyl (C=O) groups excluding carboxylic acids is 1. The molecule has 1 aliphatic heterocycles. The molecule has 20 heavy (non-hydrogen) atoms. The Labute approximate surface area is 115 Å². The molecule has 0 bridgehead atoms. The molecule has 0 saturated carbocycles. The zero-order valence-corrected chi connectivity index (χ0v) is 10.7. The number of rotatable bonds is 2. The van der Waals surface area contributed by atoms with Gasteiger partial charge in [-0.1, -0.05) is 24.3 Å². The number of nitrogens with one attached hydrogen (secondary N) is 1. The van der Waals surface area contributed by atoms with Crippen LogP contribution >= 0.6 is 0 Å². The Kier molecular flexibility index (Phi) is 2.32. The Morgan fingerprint density at radius 1 is 1.10 bits per heavy atom. The summed E-state index contributed by atoms with van der Waals surface area (Å²) in [4.78, 5) is 14.2. The van der Waals surface area contributed by atoms with Crippen molar-refractivity contribution in [2.24, 2.45) is 0 Å². The molecule has 1 aliphatic rings. The van der Waals surface area contributed by atoms with Gasteiger partial charge in [0.1, 0.15) is 11.0 Å². The molecule has 0 spiro atoms. The predicted molar refractivity (Wildman–Crippen MR) is 73.9 cm³/mol. The number of hydrogen-bond donors (Lipinski definition) is 1. The van der Waals surface area contributed by atoms with Gasteiger partial charge in [0.05, 0.1) is 0 Å². The van der Waals surface area contributed by atoms with Crippen LogP contribution in [0.15, 0.2) is 42.5 Å². The normalized spacial score (nSPS) is 14.0. The molecule has 3 aromatic rings. The highest BCUT2D eigenvalue weighted by Crippen LogP contribution is 2.24. The minimum Gasteiger partial charge on any atom is -0.330 e. The number of aromatic amines is 1. The standard InChI is InChI=1S/C15H12N4O/c20-15-12-4-2-1-3-11(12)9-19(15)8-10-5-6-13-14(7-10)17-18-16-13/h1-7H,8-9H2,(H,16,17,18). The molecule has 5 nitrogen and oxygen atoms in total. The molecule has 2 heterocycles. The molecule has 0 saturated heterocycles. The number of benzene rings is 2. The van der Waals surface area contributed by atoms with Crippen molar-refractivity contribution in [3.63, 3.8) is 0 Å². The third kappa shape index (κ3) is 1.67. The third-order valence-corrected chi connectivity index (χ3v) is 3.65. The lowest BCUT2D eigenvalue weighted by molar-refractivity contribution is 0.0767. The summed E-state index contributed by atoms with van der Waals surface area (Å²) in [7, 11) is 0. The van der Waals surface area contributed by atoms with E-state index in [-0.39, 0.29) is 5.91 Å². The first kappa shape index (κ1) is 11.2. The second-order valence-corrected chi connectivity index (χ2v) is 4.97. The Hall–Kier alpha value is -2.69. The summed E-state index contributed by atoms with van der Waals surface area (Å²) in [6.07, 6.45) is 0. The molecular formula is C15H12N4O. The summed E-state index contributed by atoms with van der Waals surface area (Å²) in [5.41, 5.74) is 4.64. The van der Waals surface area contributed by atoms with Gasteiger partial charge in [-0.25, -0.2) is 0 Å². The van der Waals surface area contributed by atoms with E-state index in [1.165, 1.54) is 0 Å². The van der Waals surface area contributed by atoms with Crippen LogP contribution in [-0.2, 0) is 13.1 Å². The van der Waals surface area contributed by atoms with E-state index in [4.69, 9.17) is 0 Å². The summed E-state index contributed by atoms with van der Waals surface area (Å²) in [5.74, 6) is 0.0980. The molecule has 4 rings (SSSR count). The zero-order valence-electron chi connectivity index (χ0n) is 10.7. The average Bonchev–Trinajstić information content (AvgIpc) is 3.05. The summed E-state index contributed by atoms with van der Waals surface area (Å²) >= 11 is 0. The topological polar surface area (TPSA) is 61.9 Å². The third-order valence-electron chi connectivity index (χ3n) is 3.65. The van der Waals surface area contributed by atoms with Gasteiger partial charge in [-0.05, 0) is 29.3 Å². The molecule has 5 heteroatoms. The van der Waals surface area contributed by atoms with E-state index in [0.29, 0.717) is 13.1 Å². The van der Waals surface area contributed by atoms with Gasteiger partial charge in [0.15, 0.2) is 0 Å². The van der Waals surface area contributed by atoms with Gasteiger partial charge in [0.25, 0.3) is 5.91 Å².